The predicted molar refractivity (Wildman–Crippen MR) is 49.7 cm³/mol. The van der Waals surface area contributed by atoms with Gasteiger partial charge in [0, 0.05) is 0 Å². The van der Waals surface area contributed by atoms with Crippen LogP contribution in [0.25, 0.3) is 0 Å². The lowest BCUT2D eigenvalue weighted by Gasteiger charge is -1.99. The van der Waals surface area contributed by atoms with Crippen LogP contribution in [0.2, 0.25) is 0 Å². The molecule has 5 heteroatoms. The first kappa shape index (κ1) is 10.3. The van der Waals surface area contributed by atoms with Crippen LogP contribution in [0.3, 0.4) is 0 Å². The van der Waals surface area contributed by atoms with Gasteiger partial charge in [-0.25, -0.2) is 0 Å². The van der Waals surface area contributed by atoms with E-state index in [9.17, 15) is 9.59 Å². The lowest BCUT2D eigenvalue weighted by molar-refractivity contribution is -0.117. The third-order valence-electron chi connectivity index (χ3n) is 1.71. The van der Waals surface area contributed by atoms with Crippen molar-refractivity contribution >= 4 is 11.8 Å². The summed E-state index contributed by atoms with van der Waals surface area (Å²) in [5.74, 6) is 0.269. The second-order valence-corrected chi connectivity index (χ2v) is 2.98. The number of aryl methyl sites for hydroxylation is 2. The van der Waals surface area contributed by atoms with E-state index in [1.807, 2.05) is 0 Å². The van der Waals surface area contributed by atoms with Crippen LogP contribution in [0.5, 0.6) is 0 Å². The van der Waals surface area contributed by atoms with Crippen LogP contribution < -0.4 is 11.1 Å². The van der Waals surface area contributed by atoms with Crippen molar-refractivity contribution in [2.45, 2.75) is 13.8 Å². The van der Waals surface area contributed by atoms with Crippen molar-refractivity contribution < 1.29 is 14.0 Å². The van der Waals surface area contributed by atoms with Gasteiger partial charge >= 0.3 is 0 Å². The summed E-state index contributed by atoms with van der Waals surface area (Å²) in [4.78, 5) is 21.8. The van der Waals surface area contributed by atoms with Crippen molar-refractivity contribution in [3.8, 4) is 0 Å². The monoisotopic (exact) mass is 196 g/mol. The summed E-state index contributed by atoms with van der Waals surface area (Å²) in [6, 6.07) is 1.62. The van der Waals surface area contributed by atoms with Crippen LogP contribution in [0.15, 0.2) is 10.5 Å². The number of hydrogen-bond acceptors (Lipinski definition) is 3. The van der Waals surface area contributed by atoms with Crippen molar-refractivity contribution in [2.24, 2.45) is 5.73 Å². The van der Waals surface area contributed by atoms with Gasteiger partial charge in [0.25, 0.3) is 5.91 Å². The number of nitrogens with one attached hydrogen (secondary N) is 1. The minimum absolute atomic E-state index is 0.164. The molecule has 0 fully saturated rings. The average molecular weight is 196 g/mol. The third-order valence-corrected chi connectivity index (χ3v) is 1.71. The highest BCUT2D eigenvalue weighted by Crippen LogP contribution is 2.12. The van der Waals surface area contributed by atoms with Gasteiger partial charge in [0.05, 0.1) is 12.1 Å². The van der Waals surface area contributed by atoms with Gasteiger partial charge in [0.15, 0.2) is 0 Å². The maximum Gasteiger partial charge on any atom is 0.255 e. The van der Waals surface area contributed by atoms with Gasteiger partial charge in [-0.05, 0) is 19.9 Å². The van der Waals surface area contributed by atoms with Gasteiger partial charge in [0.1, 0.15) is 11.5 Å². The lowest BCUT2D eigenvalue weighted by Crippen LogP contribution is -2.33. The Hall–Kier alpha value is -1.78. The Morgan fingerprint density at radius 1 is 1.50 bits per heavy atom. The molecule has 0 radical (unpaired) electrons. The first-order valence-corrected chi connectivity index (χ1v) is 4.14. The Morgan fingerprint density at radius 3 is 2.57 bits per heavy atom. The number of nitrogens with two attached hydrogens (primary N) is 1. The zero-order valence-corrected chi connectivity index (χ0v) is 8.09. The van der Waals surface area contributed by atoms with Gasteiger partial charge in [-0.2, -0.15) is 0 Å². The molecule has 1 heterocycles. The SMILES string of the molecule is Cc1cc(C(=O)NCC(N)=O)c(C)o1. The first-order chi connectivity index (χ1) is 6.50. The molecule has 0 aliphatic rings. The molecule has 1 aromatic rings. The zero-order chi connectivity index (χ0) is 10.7. The highest BCUT2D eigenvalue weighted by atomic mass is 16.3. The summed E-state index contributed by atoms with van der Waals surface area (Å²) in [5.41, 5.74) is 5.32. The molecule has 1 rings (SSSR count). The molecule has 0 aliphatic carbocycles. The van der Waals surface area contributed by atoms with Gasteiger partial charge in [-0.1, -0.05) is 0 Å². The fraction of sp³-hybridized carbons (Fsp3) is 0.333. The molecule has 76 valence electrons. The van der Waals surface area contributed by atoms with Gasteiger partial charge < -0.3 is 15.5 Å². The van der Waals surface area contributed by atoms with Gasteiger partial charge in [0.2, 0.25) is 5.91 Å². The van der Waals surface area contributed by atoms with Crippen LogP contribution in [0.4, 0.5) is 0 Å². The first-order valence-electron chi connectivity index (χ1n) is 4.14. The summed E-state index contributed by atoms with van der Waals surface area (Å²) in [6.07, 6.45) is 0. The average Bonchev–Trinajstić information content (AvgIpc) is 2.41. The van der Waals surface area contributed by atoms with E-state index in [1.54, 1.807) is 19.9 Å². The number of rotatable bonds is 3. The smallest absolute Gasteiger partial charge is 0.255 e. The maximum atomic E-state index is 11.4. The van der Waals surface area contributed by atoms with Crippen molar-refractivity contribution in [1.29, 1.82) is 0 Å². The number of carbonyl (C=O) groups is 2. The molecule has 0 spiro atoms. The number of carbonyl (C=O) groups excluding carboxylic acids is 2. The summed E-state index contributed by atoms with van der Waals surface area (Å²) in [5, 5.41) is 2.38. The van der Waals surface area contributed by atoms with Gasteiger partial charge in [-0.15, -0.1) is 0 Å². The maximum absolute atomic E-state index is 11.4. The highest BCUT2D eigenvalue weighted by molar-refractivity contribution is 5.97. The molecule has 0 aromatic carbocycles. The van der Waals surface area contributed by atoms with Crippen LogP contribution in [-0.2, 0) is 4.79 Å². The standard InChI is InChI=1S/C9H12N2O3/c1-5-3-7(6(2)14-5)9(13)11-4-8(10)12/h3H,4H2,1-2H3,(H2,10,12)(H,11,13). The molecule has 0 bridgehead atoms. The van der Waals surface area contributed by atoms with Crippen LogP contribution in [-0.4, -0.2) is 18.4 Å². The molecular weight excluding hydrogens is 184 g/mol. The number of furan rings is 1. The molecule has 2 amide bonds. The van der Waals surface area contributed by atoms with E-state index in [0.29, 0.717) is 17.1 Å². The van der Waals surface area contributed by atoms with E-state index < -0.39 is 5.91 Å². The summed E-state index contributed by atoms with van der Waals surface area (Å²) < 4.78 is 5.17. The van der Waals surface area contributed by atoms with E-state index in [0.717, 1.165) is 0 Å². The molecule has 14 heavy (non-hydrogen) atoms. The quantitative estimate of drug-likeness (QED) is 0.719. The summed E-state index contributed by atoms with van der Waals surface area (Å²) in [7, 11) is 0. The van der Waals surface area contributed by atoms with E-state index >= 15 is 0 Å². The Labute approximate surface area is 81.3 Å². The largest absolute Gasteiger partial charge is 0.466 e. The van der Waals surface area contributed by atoms with Crippen molar-refractivity contribution in [2.75, 3.05) is 6.54 Å². The van der Waals surface area contributed by atoms with E-state index in [1.165, 1.54) is 0 Å². The summed E-state index contributed by atoms with van der Waals surface area (Å²) >= 11 is 0. The number of hydrogen-bond donors (Lipinski definition) is 2. The van der Waals surface area contributed by atoms with E-state index in [4.69, 9.17) is 10.2 Å². The van der Waals surface area contributed by atoms with E-state index in [-0.39, 0.29) is 12.5 Å². The molecule has 0 unspecified atom stereocenters. The molecule has 5 nitrogen and oxygen atoms in total. The second kappa shape index (κ2) is 3.95. The van der Waals surface area contributed by atoms with Crippen LogP contribution in [0, 0.1) is 13.8 Å². The van der Waals surface area contributed by atoms with Crippen molar-refractivity contribution in [1.82, 2.24) is 5.32 Å². The number of primary amides is 1. The number of amides is 2. The lowest BCUT2D eigenvalue weighted by atomic mass is 10.2. The topological polar surface area (TPSA) is 85.3 Å². The third kappa shape index (κ3) is 2.35. The minimum Gasteiger partial charge on any atom is -0.466 e. The molecule has 0 saturated heterocycles. The molecule has 0 saturated carbocycles. The minimum atomic E-state index is -0.573. The predicted octanol–water partition coefficient (Wildman–Crippen LogP) is 0.112. The van der Waals surface area contributed by atoms with Crippen LogP contribution >= 0.6 is 0 Å². The Morgan fingerprint density at radius 2 is 2.14 bits per heavy atom. The summed E-state index contributed by atoms with van der Waals surface area (Å²) in [6.45, 7) is 3.27. The Balaban J connectivity index is 2.69. The second-order valence-electron chi connectivity index (χ2n) is 2.98. The van der Waals surface area contributed by atoms with Crippen LogP contribution in [0.1, 0.15) is 21.9 Å². The molecular formula is C9H12N2O3. The zero-order valence-electron chi connectivity index (χ0n) is 8.09. The Bertz CT molecular complexity index is 368. The molecule has 1 aromatic heterocycles. The molecule has 0 atom stereocenters. The molecule has 0 aliphatic heterocycles. The fourth-order valence-electron chi connectivity index (χ4n) is 1.12. The fourth-order valence-corrected chi connectivity index (χ4v) is 1.12. The van der Waals surface area contributed by atoms with Gasteiger partial charge in [-0.3, -0.25) is 9.59 Å². The van der Waals surface area contributed by atoms with E-state index in [2.05, 4.69) is 5.32 Å². The van der Waals surface area contributed by atoms with Crippen molar-refractivity contribution in [3.63, 3.8) is 0 Å². The normalized spacial score (nSPS) is 9.86. The molecule has 3 N–H and O–H groups in total. The Kier molecular flexibility index (Phi) is 2.91. The highest BCUT2D eigenvalue weighted by Gasteiger charge is 2.13. The van der Waals surface area contributed by atoms with Crippen molar-refractivity contribution in [3.05, 3.63) is 23.2 Å².